The molecular weight excluding hydrogens is 424 g/mol. The lowest BCUT2D eigenvalue weighted by Crippen LogP contribution is -2.22. The number of ether oxygens (including phenoxy) is 1. The van der Waals surface area contributed by atoms with Crippen molar-refractivity contribution in [2.24, 2.45) is 0 Å². The van der Waals surface area contributed by atoms with Crippen molar-refractivity contribution in [3.63, 3.8) is 0 Å². The van der Waals surface area contributed by atoms with Gasteiger partial charge in [0.05, 0.1) is 0 Å². The van der Waals surface area contributed by atoms with Crippen LogP contribution in [0.15, 0.2) is 72.8 Å². The van der Waals surface area contributed by atoms with Gasteiger partial charge in [-0.1, -0.05) is 77.9 Å². The monoisotopic (exact) mass is 458 g/mol. The predicted octanol–water partition coefficient (Wildman–Crippen LogP) is 6.55. The molecule has 0 saturated carbocycles. The lowest BCUT2D eigenvalue weighted by molar-refractivity contribution is -0.118. The summed E-state index contributed by atoms with van der Waals surface area (Å²) < 4.78 is 5.80. The van der Waals surface area contributed by atoms with E-state index in [0.29, 0.717) is 22.7 Å². The largest absolute Gasteiger partial charge is 0.483 e. The van der Waals surface area contributed by atoms with Crippen molar-refractivity contribution >= 4 is 23.2 Å². The number of rotatable bonds is 6. The van der Waals surface area contributed by atoms with Crippen LogP contribution in [0.25, 0.3) is 0 Å². The van der Waals surface area contributed by atoms with E-state index in [1.165, 1.54) is 5.56 Å². The summed E-state index contributed by atoms with van der Waals surface area (Å²) in [4.78, 5) is 25.2. The molecular formula is C29H34N2O3. The third kappa shape index (κ3) is 6.70. The van der Waals surface area contributed by atoms with E-state index in [9.17, 15) is 9.59 Å². The van der Waals surface area contributed by atoms with Gasteiger partial charge in [-0.3, -0.25) is 9.59 Å². The molecule has 0 aliphatic carbocycles. The van der Waals surface area contributed by atoms with E-state index < -0.39 is 0 Å². The van der Waals surface area contributed by atoms with Crippen molar-refractivity contribution in [3.8, 4) is 5.75 Å². The number of amides is 2. The number of anilines is 2. The highest BCUT2D eigenvalue weighted by molar-refractivity contribution is 6.04. The summed E-state index contributed by atoms with van der Waals surface area (Å²) in [5.74, 6) is 0.222. The number of carbonyl (C=O) groups is 2. The highest BCUT2D eigenvalue weighted by Gasteiger charge is 2.19. The zero-order chi connectivity index (χ0) is 24.9. The maximum absolute atomic E-state index is 12.7. The topological polar surface area (TPSA) is 67.4 Å². The van der Waals surface area contributed by atoms with E-state index >= 15 is 0 Å². The summed E-state index contributed by atoms with van der Waals surface area (Å²) in [6, 6.07) is 22.4. The number of carbonyl (C=O) groups excluding carboxylic acids is 2. The van der Waals surface area contributed by atoms with Gasteiger partial charge in [0.2, 0.25) is 0 Å². The molecule has 3 aromatic carbocycles. The minimum absolute atomic E-state index is 0.0279. The Bertz CT molecular complexity index is 1150. The molecule has 0 fully saturated rings. The van der Waals surface area contributed by atoms with Gasteiger partial charge >= 0.3 is 0 Å². The summed E-state index contributed by atoms with van der Waals surface area (Å²) in [5, 5.41) is 5.72. The molecule has 0 heterocycles. The fraction of sp³-hybridized carbons (Fsp3) is 0.310. The number of hydrogen-bond donors (Lipinski definition) is 2. The fourth-order valence-electron chi connectivity index (χ4n) is 3.55. The van der Waals surface area contributed by atoms with Crippen LogP contribution in [-0.4, -0.2) is 18.4 Å². The second kappa shape index (κ2) is 10.1. The summed E-state index contributed by atoms with van der Waals surface area (Å²) in [7, 11) is 0. The van der Waals surface area contributed by atoms with Gasteiger partial charge in [-0.2, -0.15) is 0 Å². The second-order valence-electron chi connectivity index (χ2n) is 10.4. The van der Waals surface area contributed by atoms with Gasteiger partial charge < -0.3 is 15.4 Å². The van der Waals surface area contributed by atoms with E-state index in [0.717, 1.165) is 5.56 Å². The first-order valence-corrected chi connectivity index (χ1v) is 11.5. The van der Waals surface area contributed by atoms with E-state index in [4.69, 9.17) is 4.74 Å². The van der Waals surface area contributed by atoms with Crippen LogP contribution in [-0.2, 0) is 15.6 Å². The molecule has 0 unspecified atom stereocenters. The SMILES string of the molecule is CC(C)(C)c1ccc(C(=O)Nc2cccc(NC(=O)COc3ccccc3C(C)(C)C)c2)cc1. The van der Waals surface area contributed by atoms with Gasteiger partial charge in [-0.25, -0.2) is 0 Å². The lowest BCUT2D eigenvalue weighted by Gasteiger charge is -2.22. The Morgan fingerprint density at radius 3 is 1.97 bits per heavy atom. The minimum Gasteiger partial charge on any atom is -0.483 e. The molecule has 0 spiro atoms. The molecule has 0 bridgehead atoms. The highest BCUT2D eigenvalue weighted by atomic mass is 16.5. The van der Waals surface area contributed by atoms with Crippen LogP contribution in [0.5, 0.6) is 5.75 Å². The van der Waals surface area contributed by atoms with Crippen molar-refractivity contribution in [3.05, 3.63) is 89.5 Å². The van der Waals surface area contributed by atoms with E-state index in [1.807, 2.05) is 48.5 Å². The van der Waals surface area contributed by atoms with Crippen LogP contribution < -0.4 is 15.4 Å². The minimum atomic E-state index is -0.273. The quantitative estimate of drug-likeness (QED) is 0.440. The molecule has 5 nitrogen and oxygen atoms in total. The smallest absolute Gasteiger partial charge is 0.262 e. The molecule has 0 saturated heterocycles. The lowest BCUT2D eigenvalue weighted by atomic mass is 9.86. The van der Waals surface area contributed by atoms with Crippen LogP contribution in [0.4, 0.5) is 11.4 Å². The van der Waals surface area contributed by atoms with Crippen molar-refractivity contribution in [1.29, 1.82) is 0 Å². The Hall–Kier alpha value is -3.60. The molecule has 2 N–H and O–H groups in total. The summed E-state index contributed by atoms with van der Waals surface area (Å²) in [5.41, 5.74) is 3.91. The van der Waals surface area contributed by atoms with Crippen LogP contribution in [0.1, 0.15) is 63.0 Å². The van der Waals surface area contributed by atoms with E-state index in [1.54, 1.807) is 24.3 Å². The van der Waals surface area contributed by atoms with E-state index in [-0.39, 0.29) is 29.3 Å². The zero-order valence-electron chi connectivity index (χ0n) is 20.9. The van der Waals surface area contributed by atoms with E-state index in [2.05, 4.69) is 52.2 Å². The first kappa shape index (κ1) is 25.0. The molecule has 0 aliphatic heterocycles. The molecule has 3 aromatic rings. The number of hydrogen-bond acceptors (Lipinski definition) is 3. The molecule has 178 valence electrons. The third-order valence-electron chi connectivity index (χ3n) is 5.47. The van der Waals surface area contributed by atoms with Crippen molar-refractivity contribution in [1.82, 2.24) is 0 Å². The molecule has 0 aromatic heterocycles. The molecule has 0 aliphatic rings. The van der Waals surface area contributed by atoms with Gasteiger partial charge in [-0.15, -0.1) is 0 Å². The maximum atomic E-state index is 12.7. The molecule has 0 atom stereocenters. The van der Waals surface area contributed by atoms with Crippen LogP contribution in [0, 0.1) is 0 Å². The Morgan fingerprint density at radius 1 is 0.735 bits per heavy atom. The normalized spacial score (nSPS) is 11.6. The van der Waals surface area contributed by atoms with Gasteiger partial charge in [0.1, 0.15) is 5.75 Å². The summed E-state index contributed by atoms with van der Waals surface area (Å²) >= 11 is 0. The first-order valence-electron chi connectivity index (χ1n) is 11.5. The Morgan fingerprint density at radius 2 is 1.35 bits per heavy atom. The van der Waals surface area contributed by atoms with Gasteiger partial charge in [0.15, 0.2) is 6.61 Å². The second-order valence-corrected chi connectivity index (χ2v) is 10.4. The van der Waals surface area contributed by atoms with Crippen LogP contribution in [0.2, 0.25) is 0 Å². The molecule has 2 amide bonds. The Labute approximate surface area is 202 Å². The molecule has 5 heteroatoms. The average molecular weight is 459 g/mol. The zero-order valence-corrected chi connectivity index (χ0v) is 20.9. The average Bonchev–Trinajstić information content (AvgIpc) is 2.77. The first-order chi connectivity index (χ1) is 15.9. The van der Waals surface area contributed by atoms with Crippen molar-refractivity contribution in [2.75, 3.05) is 17.2 Å². The fourth-order valence-corrected chi connectivity index (χ4v) is 3.55. The predicted molar refractivity (Wildman–Crippen MR) is 139 cm³/mol. The molecule has 0 radical (unpaired) electrons. The standard InChI is InChI=1S/C29H34N2O3/c1-28(2,3)21-16-14-20(15-17-21)27(33)31-23-11-9-10-22(18-23)30-26(32)19-34-25-13-8-7-12-24(25)29(4,5)6/h7-18H,19H2,1-6H3,(H,30,32)(H,31,33). The third-order valence-corrected chi connectivity index (χ3v) is 5.47. The van der Waals surface area contributed by atoms with Crippen LogP contribution in [0.3, 0.4) is 0 Å². The Balaban J connectivity index is 1.60. The summed E-state index contributed by atoms with van der Waals surface area (Å²) in [6.07, 6.45) is 0. The number of benzene rings is 3. The van der Waals surface area contributed by atoms with Crippen molar-refractivity contribution in [2.45, 2.75) is 52.4 Å². The maximum Gasteiger partial charge on any atom is 0.262 e. The van der Waals surface area contributed by atoms with Crippen molar-refractivity contribution < 1.29 is 14.3 Å². The molecule has 34 heavy (non-hydrogen) atoms. The van der Waals surface area contributed by atoms with Crippen LogP contribution >= 0.6 is 0 Å². The van der Waals surface area contributed by atoms with Gasteiger partial charge in [-0.05, 0) is 58.4 Å². The number of nitrogens with one attached hydrogen (secondary N) is 2. The highest BCUT2D eigenvalue weighted by Crippen LogP contribution is 2.31. The van der Waals surface area contributed by atoms with Gasteiger partial charge in [0, 0.05) is 16.9 Å². The van der Waals surface area contributed by atoms with Gasteiger partial charge in [0.25, 0.3) is 11.8 Å². The molecule has 3 rings (SSSR count). The number of para-hydroxylation sites is 1. The summed E-state index contributed by atoms with van der Waals surface area (Å²) in [6.45, 7) is 12.6. The Kier molecular flexibility index (Phi) is 7.45.